The summed E-state index contributed by atoms with van der Waals surface area (Å²) in [6, 6.07) is 5.66. The highest BCUT2D eigenvalue weighted by molar-refractivity contribution is 5.36. The van der Waals surface area contributed by atoms with E-state index in [1.807, 2.05) is 25.1 Å². The van der Waals surface area contributed by atoms with E-state index in [0.29, 0.717) is 13.0 Å². The number of hydrogen-bond donors (Lipinski definition) is 2. The van der Waals surface area contributed by atoms with Crippen LogP contribution in [-0.2, 0) is 0 Å². The number of rotatable bonds is 4. The molecule has 14 heavy (non-hydrogen) atoms. The summed E-state index contributed by atoms with van der Waals surface area (Å²) in [5.74, 6) is 0.841. The number of aliphatic hydroxyl groups is 1. The van der Waals surface area contributed by atoms with Crippen molar-refractivity contribution < 1.29 is 9.84 Å². The number of benzene rings is 1. The van der Waals surface area contributed by atoms with E-state index >= 15 is 0 Å². The first-order valence-corrected chi connectivity index (χ1v) is 4.71. The smallest absolute Gasteiger partial charge is 0.121 e. The van der Waals surface area contributed by atoms with Gasteiger partial charge in [0.05, 0.1) is 13.2 Å². The van der Waals surface area contributed by atoms with Gasteiger partial charge in [-0.1, -0.05) is 6.07 Å². The Kier molecular flexibility index (Phi) is 3.92. The summed E-state index contributed by atoms with van der Waals surface area (Å²) < 4.78 is 5.13. The molecule has 0 radical (unpaired) electrons. The first kappa shape index (κ1) is 11.0. The standard InChI is InChI=1S/C11H17NO2/c1-8-7-9(10(13)5-6-12)3-4-11(8)14-2/h3-4,7,10,13H,5-6,12H2,1-2H3/t10-/m1/s1. The van der Waals surface area contributed by atoms with Gasteiger partial charge < -0.3 is 15.6 Å². The average molecular weight is 195 g/mol. The minimum atomic E-state index is -0.468. The Morgan fingerprint density at radius 3 is 2.71 bits per heavy atom. The van der Waals surface area contributed by atoms with Crippen molar-refractivity contribution in [1.29, 1.82) is 0 Å². The van der Waals surface area contributed by atoms with Gasteiger partial charge in [0.15, 0.2) is 0 Å². The maximum absolute atomic E-state index is 9.69. The summed E-state index contributed by atoms with van der Waals surface area (Å²) in [6.07, 6.45) is 0.121. The molecule has 0 heterocycles. The van der Waals surface area contributed by atoms with Crippen molar-refractivity contribution in [1.82, 2.24) is 0 Å². The molecule has 78 valence electrons. The van der Waals surface area contributed by atoms with Gasteiger partial charge in [0.2, 0.25) is 0 Å². The molecule has 0 aromatic heterocycles. The summed E-state index contributed by atoms with van der Waals surface area (Å²) in [6.45, 7) is 2.45. The van der Waals surface area contributed by atoms with E-state index < -0.39 is 6.10 Å². The Morgan fingerprint density at radius 2 is 2.21 bits per heavy atom. The lowest BCUT2D eigenvalue weighted by molar-refractivity contribution is 0.170. The topological polar surface area (TPSA) is 55.5 Å². The quantitative estimate of drug-likeness (QED) is 0.763. The number of hydrogen-bond acceptors (Lipinski definition) is 3. The third kappa shape index (κ3) is 2.47. The van der Waals surface area contributed by atoms with Gasteiger partial charge in [-0.3, -0.25) is 0 Å². The van der Waals surface area contributed by atoms with Gasteiger partial charge in [0.25, 0.3) is 0 Å². The average Bonchev–Trinajstić information content (AvgIpc) is 2.18. The van der Waals surface area contributed by atoms with Crippen molar-refractivity contribution >= 4 is 0 Å². The second kappa shape index (κ2) is 4.98. The Bertz CT molecular complexity index is 299. The second-order valence-corrected chi connectivity index (χ2v) is 3.32. The zero-order chi connectivity index (χ0) is 10.6. The molecule has 0 spiro atoms. The predicted octanol–water partition coefficient (Wildman–Crippen LogP) is 1.39. The van der Waals surface area contributed by atoms with Gasteiger partial charge in [0, 0.05) is 0 Å². The molecule has 0 saturated carbocycles. The molecule has 0 aliphatic carbocycles. The van der Waals surface area contributed by atoms with Crippen molar-refractivity contribution in [3.63, 3.8) is 0 Å². The van der Waals surface area contributed by atoms with Crippen LogP contribution in [0.25, 0.3) is 0 Å². The van der Waals surface area contributed by atoms with Crippen LogP contribution in [0.4, 0.5) is 0 Å². The van der Waals surface area contributed by atoms with Crippen LogP contribution in [0.5, 0.6) is 5.75 Å². The largest absolute Gasteiger partial charge is 0.496 e. The van der Waals surface area contributed by atoms with Crippen LogP contribution in [0.15, 0.2) is 18.2 Å². The van der Waals surface area contributed by atoms with Gasteiger partial charge in [0.1, 0.15) is 5.75 Å². The van der Waals surface area contributed by atoms with Crippen LogP contribution in [0.1, 0.15) is 23.7 Å². The first-order chi connectivity index (χ1) is 6.69. The number of ether oxygens (including phenoxy) is 1. The summed E-state index contributed by atoms with van der Waals surface area (Å²) in [4.78, 5) is 0. The summed E-state index contributed by atoms with van der Waals surface area (Å²) >= 11 is 0. The lowest BCUT2D eigenvalue weighted by Crippen LogP contribution is -2.06. The van der Waals surface area contributed by atoms with Gasteiger partial charge in [-0.2, -0.15) is 0 Å². The highest BCUT2D eigenvalue weighted by Crippen LogP contribution is 2.23. The van der Waals surface area contributed by atoms with Crippen molar-refractivity contribution in [3.8, 4) is 5.75 Å². The van der Waals surface area contributed by atoms with Gasteiger partial charge in [-0.15, -0.1) is 0 Å². The molecular weight excluding hydrogens is 178 g/mol. The molecule has 0 bridgehead atoms. The molecule has 0 aliphatic heterocycles. The molecule has 0 unspecified atom stereocenters. The van der Waals surface area contributed by atoms with E-state index in [2.05, 4.69) is 0 Å². The van der Waals surface area contributed by atoms with Crippen LogP contribution in [0.3, 0.4) is 0 Å². The highest BCUT2D eigenvalue weighted by Gasteiger charge is 2.07. The van der Waals surface area contributed by atoms with E-state index in [-0.39, 0.29) is 0 Å². The fourth-order valence-electron chi connectivity index (χ4n) is 1.43. The molecule has 3 nitrogen and oxygen atoms in total. The van der Waals surface area contributed by atoms with E-state index in [0.717, 1.165) is 16.9 Å². The molecule has 0 saturated heterocycles. The fraction of sp³-hybridized carbons (Fsp3) is 0.455. The molecule has 1 rings (SSSR count). The molecule has 3 N–H and O–H groups in total. The van der Waals surface area contributed by atoms with Crippen molar-refractivity contribution in [2.24, 2.45) is 5.73 Å². The summed E-state index contributed by atoms with van der Waals surface area (Å²) in [5.41, 5.74) is 7.30. The minimum absolute atomic E-state index is 0.468. The van der Waals surface area contributed by atoms with Crippen LogP contribution in [-0.4, -0.2) is 18.8 Å². The van der Waals surface area contributed by atoms with Crippen molar-refractivity contribution in [2.45, 2.75) is 19.4 Å². The SMILES string of the molecule is COc1ccc([C@H](O)CCN)cc1C. The number of methoxy groups -OCH3 is 1. The van der Waals surface area contributed by atoms with E-state index in [1.165, 1.54) is 0 Å². The Balaban J connectivity index is 2.85. The first-order valence-electron chi connectivity index (χ1n) is 4.71. The zero-order valence-electron chi connectivity index (χ0n) is 8.66. The van der Waals surface area contributed by atoms with Crippen LogP contribution in [0.2, 0.25) is 0 Å². The molecule has 0 amide bonds. The molecule has 1 aromatic rings. The summed E-state index contributed by atoms with van der Waals surface area (Å²) in [7, 11) is 1.64. The van der Waals surface area contributed by atoms with Crippen LogP contribution in [0, 0.1) is 6.92 Å². The zero-order valence-corrected chi connectivity index (χ0v) is 8.66. The third-order valence-electron chi connectivity index (χ3n) is 2.24. The monoisotopic (exact) mass is 195 g/mol. The van der Waals surface area contributed by atoms with Gasteiger partial charge in [-0.05, 0) is 43.1 Å². The number of aliphatic hydroxyl groups excluding tert-OH is 1. The summed E-state index contributed by atoms with van der Waals surface area (Å²) in [5, 5.41) is 9.69. The second-order valence-electron chi connectivity index (χ2n) is 3.32. The molecule has 3 heteroatoms. The third-order valence-corrected chi connectivity index (χ3v) is 2.24. The van der Waals surface area contributed by atoms with Crippen molar-refractivity contribution in [2.75, 3.05) is 13.7 Å². The minimum Gasteiger partial charge on any atom is -0.496 e. The Morgan fingerprint density at radius 1 is 1.50 bits per heavy atom. The van der Waals surface area contributed by atoms with E-state index in [1.54, 1.807) is 7.11 Å². The number of aryl methyl sites for hydroxylation is 1. The molecule has 1 aromatic carbocycles. The molecule has 1 atom stereocenters. The lowest BCUT2D eigenvalue weighted by Gasteiger charge is -2.12. The Hall–Kier alpha value is -1.06. The van der Waals surface area contributed by atoms with Gasteiger partial charge in [-0.25, -0.2) is 0 Å². The van der Waals surface area contributed by atoms with Crippen molar-refractivity contribution in [3.05, 3.63) is 29.3 Å². The highest BCUT2D eigenvalue weighted by atomic mass is 16.5. The van der Waals surface area contributed by atoms with Crippen LogP contribution >= 0.6 is 0 Å². The lowest BCUT2D eigenvalue weighted by atomic mass is 10.0. The molecular formula is C11H17NO2. The number of nitrogens with two attached hydrogens (primary N) is 1. The Labute approximate surface area is 84.5 Å². The van der Waals surface area contributed by atoms with E-state index in [4.69, 9.17) is 10.5 Å². The van der Waals surface area contributed by atoms with Gasteiger partial charge >= 0.3 is 0 Å². The fourth-order valence-corrected chi connectivity index (χ4v) is 1.43. The predicted molar refractivity (Wildman–Crippen MR) is 56.4 cm³/mol. The maximum atomic E-state index is 9.69. The van der Waals surface area contributed by atoms with E-state index in [9.17, 15) is 5.11 Å². The molecule has 0 fully saturated rings. The maximum Gasteiger partial charge on any atom is 0.121 e. The van der Waals surface area contributed by atoms with Crippen LogP contribution < -0.4 is 10.5 Å². The normalized spacial score (nSPS) is 12.6. The molecule has 0 aliphatic rings.